The fourth-order valence-corrected chi connectivity index (χ4v) is 5.32. The molecule has 0 saturated heterocycles. The molecule has 0 bridgehead atoms. The lowest BCUT2D eigenvalue weighted by Crippen LogP contribution is -2.37. The van der Waals surface area contributed by atoms with E-state index in [-0.39, 0.29) is 0 Å². The first kappa shape index (κ1) is 15.9. The molecule has 0 N–H and O–H groups in total. The molecule has 0 aliphatic rings. The molecule has 136 valence electrons. The maximum atomic E-state index is 6.49. The Balaban J connectivity index is 2.01. The average molecular weight is 382 g/mol. The van der Waals surface area contributed by atoms with Gasteiger partial charge in [-0.15, -0.1) is 0 Å². The van der Waals surface area contributed by atoms with Gasteiger partial charge in [-0.3, -0.25) is 4.98 Å². The van der Waals surface area contributed by atoms with Gasteiger partial charge >= 0.3 is 0 Å². The smallest absolute Gasteiger partial charge is 0.153 e. The number of rotatable bonds is 1. The molecule has 0 aliphatic heterocycles. The number of furan rings is 1. The van der Waals surface area contributed by atoms with Crippen LogP contribution in [0.1, 0.15) is 0 Å². The zero-order chi connectivity index (χ0) is 19.0. The van der Waals surface area contributed by atoms with Crippen LogP contribution < -0.4 is 5.19 Å². The largest absolute Gasteiger partial charge is 0.455 e. The molecule has 6 rings (SSSR count). The summed E-state index contributed by atoms with van der Waals surface area (Å²) in [5, 5.41) is 6.82. The van der Waals surface area contributed by atoms with Crippen molar-refractivity contribution < 1.29 is 8.83 Å². The summed E-state index contributed by atoms with van der Waals surface area (Å²) in [5.41, 5.74) is 4.35. The lowest BCUT2D eigenvalue weighted by molar-refractivity contribution is 0.657. The van der Waals surface area contributed by atoms with Crippen LogP contribution in [-0.2, 0) is 0 Å². The minimum absolute atomic E-state index is 0.796. The van der Waals surface area contributed by atoms with Crippen LogP contribution in [0.4, 0.5) is 0 Å². The highest BCUT2D eigenvalue weighted by molar-refractivity contribution is 6.89. The number of hydrogen-bond acceptors (Lipinski definition) is 3. The van der Waals surface area contributed by atoms with Crippen molar-refractivity contribution in [3.05, 3.63) is 60.8 Å². The summed E-state index contributed by atoms with van der Waals surface area (Å²) in [6.45, 7) is 7.03. The van der Waals surface area contributed by atoms with Crippen LogP contribution in [0.25, 0.3) is 54.8 Å². The fourth-order valence-electron chi connectivity index (χ4n) is 4.19. The lowest BCUT2D eigenvalue weighted by Gasteiger charge is -2.16. The van der Waals surface area contributed by atoms with E-state index in [1.165, 1.54) is 5.19 Å². The molecular weight excluding hydrogens is 362 g/mol. The van der Waals surface area contributed by atoms with Crippen LogP contribution in [0.15, 0.2) is 69.6 Å². The highest BCUT2D eigenvalue weighted by Crippen LogP contribution is 2.42. The summed E-state index contributed by atoms with van der Waals surface area (Å²) in [6.07, 6.45) is 1.82. The first-order valence-corrected chi connectivity index (χ1v) is 13.1. The molecule has 0 atom stereocenters. The number of aromatic nitrogens is 1. The highest BCUT2D eigenvalue weighted by atomic mass is 28.3. The summed E-state index contributed by atoms with van der Waals surface area (Å²) >= 11 is 0. The first-order valence-electron chi connectivity index (χ1n) is 9.56. The summed E-state index contributed by atoms with van der Waals surface area (Å²) in [4.78, 5) is 4.67. The summed E-state index contributed by atoms with van der Waals surface area (Å²) in [5.74, 6) is 0. The van der Waals surface area contributed by atoms with Gasteiger partial charge in [-0.05, 0) is 35.7 Å². The van der Waals surface area contributed by atoms with Crippen molar-refractivity contribution in [2.24, 2.45) is 0 Å². The second kappa shape index (κ2) is 5.24. The molecule has 0 fully saturated rings. The maximum absolute atomic E-state index is 6.49. The van der Waals surface area contributed by atoms with Gasteiger partial charge in [0, 0.05) is 22.4 Å². The van der Waals surface area contributed by atoms with Crippen molar-refractivity contribution in [2.75, 3.05) is 0 Å². The minimum Gasteiger partial charge on any atom is -0.455 e. The predicted molar refractivity (Wildman–Crippen MR) is 119 cm³/mol. The van der Waals surface area contributed by atoms with Gasteiger partial charge in [0.05, 0.1) is 13.5 Å². The van der Waals surface area contributed by atoms with Gasteiger partial charge in [0.1, 0.15) is 22.3 Å². The Labute approximate surface area is 162 Å². The third-order valence-corrected chi connectivity index (χ3v) is 7.66. The Morgan fingerprint density at radius 3 is 2.36 bits per heavy atom. The van der Waals surface area contributed by atoms with Crippen molar-refractivity contribution in [1.29, 1.82) is 0 Å². The standard InChI is InChI=1S/C24H19NO2Si/c1-28(2,3)15-12-19-22-20(13-15)27-24-16-8-5-4-7-14(16)11-17(21(22)24)23-18(26-19)9-6-10-25-23/h4-13H,1-3H3. The molecule has 0 aliphatic carbocycles. The van der Waals surface area contributed by atoms with E-state index in [0.717, 1.165) is 54.8 Å². The zero-order valence-corrected chi connectivity index (χ0v) is 17.0. The monoisotopic (exact) mass is 381 g/mol. The molecule has 0 spiro atoms. The van der Waals surface area contributed by atoms with Crippen molar-refractivity contribution in [2.45, 2.75) is 19.6 Å². The van der Waals surface area contributed by atoms with E-state index >= 15 is 0 Å². The van der Waals surface area contributed by atoms with Gasteiger partial charge in [-0.1, -0.05) is 49.1 Å². The Morgan fingerprint density at radius 1 is 0.750 bits per heavy atom. The average Bonchev–Trinajstić information content (AvgIpc) is 3.00. The highest BCUT2D eigenvalue weighted by Gasteiger charge is 2.23. The van der Waals surface area contributed by atoms with E-state index in [4.69, 9.17) is 8.83 Å². The molecule has 0 amide bonds. The molecule has 28 heavy (non-hydrogen) atoms. The number of pyridine rings is 1. The van der Waals surface area contributed by atoms with Crippen molar-refractivity contribution in [3.8, 4) is 0 Å². The SMILES string of the molecule is C[Si](C)(C)c1cc2oc3cccnc3c3cc4ccccc4c4oc(c1)c2c34. The van der Waals surface area contributed by atoms with E-state index in [9.17, 15) is 0 Å². The summed E-state index contributed by atoms with van der Waals surface area (Å²) < 4.78 is 12.9. The Kier molecular flexibility index (Phi) is 2.97. The zero-order valence-electron chi connectivity index (χ0n) is 16.0. The topological polar surface area (TPSA) is 39.2 Å². The van der Waals surface area contributed by atoms with Gasteiger partial charge < -0.3 is 8.83 Å². The molecule has 0 radical (unpaired) electrons. The molecule has 3 nitrogen and oxygen atoms in total. The van der Waals surface area contributed by atoms with Crippen LogP contribution in [0.2, 0.25) is 19.6 Å². The Bertz CT molecular complexity index is 1550. The normalized spacial score (nSPS) is 12.8. The summed E-state index contributed by atoms with van der Waals surface area (Å²) in [7, 11) is -1.54. The van der Waals surface area contributed by atoms with Gasteiger partial charge in [0.25, 0.3) is 0 Å². The van der Waals surface area contributed by atoms with E-state index < -0.39 is 8.07 Å². The van der Waals surface area contributed by atoms with Crippen LogP contribution in [-0.4, -0.2) is 13.1 Å². The van der Waals surface area contributed by atoms with Gasteiger partial charge in [-0.25, -0.2) is 0 Å². The van der Waals surface area contributed by atoms with Crippen LogP contribution in [0, 0.1) is 0 Å². The third-order valence-electron chi connectivity index (χ3n) is 5.64. The molecule has 3 aromatic heterocycles. The Morgan fingerprint density at radius 2 is 1.54 bits per heavy atom. The van der Waals surface area contributed by atoms with Crippen LogP contribution >= 0.6 is 0 Å². The molecular formula is C24H19NO2Si. The molecule has 4 heteroatoms. The maximum Gasteiger partial charge on any atom is 0.153 e. The number of benzene rings is 3. The molecule has 0 saturated carbocycles. The number of nitrogens with zero attached hydrogens (tertiary/aromatic N) is 1. The summed E-state index contributed by atoms with van der Waals surface area (Å²) in [6, 6.07) is 18.9. The quantitative estimate of drug-likeness (QED) is 0.302. The van der Waals surface area contributed by atoms with Crippen molar-refractivity contribution >= 4 is 68.0 Å². The van der Waals surface area contributed by atoms with Gasteiger partial charge in [-0.2, -0.15) is 0 Å². The van der Waals surface area contributed by atoms with Crippen LogP contribution in [0.5, 0.6) is 0 Å². The molecule has 0 unspecified atom stereocenters. The minimum atomic E-state index is -1.54. The van der Waals surface area contributed by atoms with Crippen molar-refractivity contribution in [1.82, 2.24) is 4.98 Å². The van der Waals surface area contributed by atoms with Gasteiger partial charge in [0.2, 0.25) is 0 Å². The first-order chi connectivity index (χ1) is 13.5. The van der Waals surface area contributed by atoms with Gasteiger partial charge in [0.15, 0.2) is 5.58 Å². The van der Waals surface area contributed by atoms with Crippen LogP contribution in [0.3, 0.4) is 0 Å². The Hall–Kier alpha value is -3.11. The molecule has 3 heterocycles. The fraction of sp³-hybridized carbons (Fsp3) is 0.125. The second-order valence-electron chi connectivity index (χ2n) is 8.50. The lowest BCUT2D eigenvalue weighted by atomic mass is 10.0. The predicted octanol–water partition coefficient (Wildman–Crippen LogP) is 6.58. The third kappa shape index (κ3) is 2.06. The van der Waals surface area contributed by atoms with E-state index in [0.29, 0.717) is 0 Å². The van der Waals surface area contributed by atoms with E-state index in [1.807, 2.05) is 18.3 Å². The van der Waals surface area contributed by atoms with Crippen molar-refractivity contribution in [3.63, 3.8) is 0 Å². The number of hydrogen-bond donors (Lipinski definition) is 0. The molecule has 6 aromatic rings. The van der Waals surface area contributed by atoms with E-state index in [1.54, 1.807) is 0 Å². The molecule has 3 aromatic carbocycles. The van der Waals surface area contributed by atoms with E-state index in [2.05, 4.69) is 67.1 Å². The second-order valence-corrected chi connectivity index (χ2v) is 13.6. The number of fused-ring (bicyclic) bond motifs is 4.